The Morgan fingerprint density at radius 2 is 1.30 bits per heavy atom. The lowest BCUT2D eigenvalue weighted by molar-refractivity contribution is 0.0656. The molecule has 0 aromatic rings. The minimum Gasteiger partial charge on any atom is -0.394 e. The predicted octanol–water partition coefficient (Wildman–Crippen LogP) is 6.21. The highest BCUT2D eigenvalue weighted by Crippen LogP contribution is 2.20. The zero-order valence-electron chi connectivity index (χ0n) is 16.0. The van der Waals surface area contributed by atoms with Crippen LogP contribution in [0.25, 0.3) is 0 Å². The van der Waals surface area contributed by atoms with Crippen molar-refractivity contribution in [3.8, 4) is 0 Å². The Labute approximate surface area is 150 Å². The van der Waals surface area contributed by atoms with Gasteiger partial charge in [-0.25, -0.2) is 0 Å². The molecule has 2 atom stereocenters. The van der Waals surface area contributed by atoms with Gasteiger partial charge in [-0.15, -0.1) is 0 Å². The molecule has 0 aromatic heterocycles. The highest BCUT2D eigenvalue weighted by molar-refractivity contribution is 7.99. The maximum absolute atomic E-state index is 9.09. The van der Waals surface area contributed by atoms with Crippen molar-refractivity contribution in [3.63, 3.8) is 0 Å². The summed E-state index contributed by atoms with van der Waals surface area (Å²) >= 11 is 1.93. The van der Waals surface area contributed by atoms with E-state index in [1.54, 1.807) is 7.11 Å². The van der Waals surface area contributed by atoms with Gasteiger partial charge in [0.2, 0.25) is 0 Å². The van der Waals surface area contributed by atoms with Crippen molar-refractivity contribution in [3.05, 3.63) is 0 Å². The van der Waals surface area contributed by atoms with E-state index in [9.17, 15) is 0 Å². The zero-order chi connectivity index (χ0) is 17.2. The minimum atomic E-state index is 0.00409. The molecule has 0 heterocycles. The second kappa shape index (κ2) is 18.6. The number of methoxy groups -OCH3 is 1. The molecule has 0 aromatic carbocycles. The molecule has 0 amide bonds. The van der Waals surface area contributed by atoms with Gasteiger partial charge < -0.3 is 9.84 Å². The van der Waals surface area contributed by atoms with E-state index >= 15 is 0 Å². The summed E-state index contributed by atoms with van der Waals surface area (Å²) in [7, 11) is 1.68. The van der Waals surface area contributed by atoms with Crippen LogP contribution in [0.4, 0.5) is 0 Å². The van der Waals surface area contributed by atoms with Crippen molar-refractivity contribution in [1.29, 1.82) is 0 Å². The standard InChI is InChI=1S/C20H42O2S/c1-4-5-6-7-8-9-10-11-12-13-14-15-16-19(2)23-18-20(17-21)22-3/h19-21H,4-18H2,1-3H3. The van der Waals surface area contributed by atoms with Crippen LogP contribution in [0.1, 0.15) is 97.3 Å². The van der Waals surface area contributed by atoms with Crippen molar-refractivity contribution in [2.75, 3.05) is 19.5 Å². The van der Waals surface area contributed by atoms with Gasteiger partial charge in [0.15, 0.2) is 0 Å². The third kappa shape index (κ3) is 16.9. The Balaban J connectivity index is 3.20. The van der Waals surface area contributed by atoms with Crippen LogP contribution in [0.3, 0.4) is 0 Å². The first-order valence-electron chi connectivity index (χ1n) is 9.99. The molecule has 2 nitrogen and oxygen atoms in total. The second-order valence-electron chi connectivity index (χ2n) is 6.86. The average molecular weight is 347 g/mol. The summed E-state index contributed by atoms with van der Waals surface area (Å²) in [4.78, 5) is 0. The van der Waals surface area contributed by atoms with E-state index in [1.807, 2.05) is 11.8 Å². The molecule has 0 fully saturated rings. The lowest BCUT2D eigenvalue weighted by atomic mass is 10.0. The highest BCUT2D eigenvalue weighted by atomic mass is 32.2. The topological polar surface area (TPSA) is 29.5 Å². The molecule has 0 aliphatic heterocycles. The molecule has 0 bridgehead atoms. The first-order chi connectivity index (χ1) is 11.2. The van der Waals surface area contributed by atoms with E-state index in [-0.39, 0.29) is 12.7 Å². The number of aliphatic hydroxyl groups is 1. The van der Waals surface area contributed by atoms with E-state index in [1.165, 1.54) is 83.5 Å². The van der Waals surface area contributed by atoms with Crippen LogP contribution in [0.2, 0.25) is 0 Å². The van der Waals surface area contributed by atoms with Crippen molar-refractivity contribution in [2.24, 2.45) is 0 Å². The highest BCUT2D eigenvalue weighted by Gasteiger charge is 2.09. The first-order valence-corrected chi connectivity index (χ1v) is 11.0. The van der Waals surface area contributed by atoms with Gasteiger partial charge in [0.05, 0.1) is 12.7 Å². The van der Waals surface area contributed by atoms with Gasteiger partial charge >= 0.3 is 0 Å². The summed E-state index contributed by atoms with van der Waals surface area (Å²) in [5, 5.41) is 9.77. The normalized spacial score (nSPS) is 14.1. The smallest absolute Gasteiger partial charge is 0.0892 e. The summed E-state index contributed by atoms with van der Waals surface area (Å²) in [6.45, 7) is 4.72. The molecule has 2 unspecified atom stereocenters. The van der Waals surface area contributed by atoms with Crippen LogP contribution in [0.15, 0.2) is 0 Å². The molecule has 0 aliphatic rings. The van der Waals surface area contributed by atoms with E-state index in [0.717, 1.165) is 5.75 Å². The van der Waals surface area contributed by atoms with Crippen LogP contribution >= 0.6 is 11.8 Å². The Bertz CT molecular complexity index is 220. The molecule has 0 aliphatic carbocycles. The van der Waals surface area contributed by atoms with E-state index in [2.05, 4.69) is 13.8 Å². The van der Waals surface area contributed by atoms with Crippen LogP contribution in [-0.4, -0.2) is 35.9 Å². The van der Waals surface area contributed by atoms with Gasteiger partial charge in [0, 0.05) is 18.1 Å². The number of unbranched alkanes of at least 4 members (excludes halogenated alkanes) is 11. The molecular formula is C20H42O2S. The summed E-state index contributed by atoms with van der Waals surface area (Å²) in [5.41, 5.74) is 0. The van der Waals surface area contributed by atoms with Crippen molar-refractivity contribution < 1.29 is 9.84 Å². The minimum absolute atomic E-state index is 0.00409. The van der Waals surface area contributed by atoms with Crippen molar-refractivity contribution in [1.82, 2.24) is 0 Å². The summed E-state index contributed by atoms with van der Waals surface area (Å²) < 4.78 is 5.20. The van der Waals surface area contributed by atoms with Crippen LogP contribution in [-0.2, 0) is 4.74 Å². The molecule has 23 heavy (non-hydrogen) atoms. The lowest BCUT2D eigenvalue weighted by Gasteiger charge is -2.15. The molecule has 3 heteroatoms. The SMILES string of the molecule is CCCCCCCCCCCCCCC(C)SCC(CO)OC. The fourth-order valence-electron chi connectivity index (χ4n) is 2.82. The molecule has 0 spiro atoms. The zero-order valence-corrected chi connectivity index (χ0v) is 16.8. The summed E-state index contributed by atoms with van der Waals surface area (Å²) in [6, 6.07) is 0. The van der Waals surface area contributed by atoms with E-state index in [0.29, 0.717) is 5.25 Å². The molecule has 0 rings (SSSR count). The third-order valence-corrected chi connectivity index (χ3v) is 5.94. The monoisotopic (exact) mass is 346 g/mol. The van der Waals surface area contributed by atoms with Gasteiger partial charge in [-0.2, -0.15) is 11.8 Å². The Morgan fingerprint density at radius 1 is 0.826 bits per heavy atom. The van der Waals surface area contributed by atoms with Gasteiger partial charge in [-0.05, 0) is 6.42 Å². The quantitative estimate of drug-likeness (QED) is 0.299. The van der Waals surface area contributed by atoms with Crippen molar-refractivity contribution >= 4 is 11.8 Å². The maximum atomic E-state index is 9.09. The number of aliphatic hydroxyl groups excluding tert-OH is 1. The third-order valence-electron chi connectivity index (χ3n) is 4.57. The lowest BCUT2D eigenvalue weighted by Crippen LogP contribution is -2.19. The molecule has 0 radical (unpaired) electrons. The van der Waals surface area contributed by atoms with Crippen molar-refractivity contribution in [2.45, 2.75) is 109 Å². The van der Waals surface area contributed by atoms with Crippen LogP contribution in [0.5, 0.6) is 0 Å². The van der Waals surface area contributed by atoms with E-state index < -0.39 is 0 Å². The van der Waals surface area contributed by atoms with Gasteiger partial charge in [-0.3, -0.25) is 0 Å². The number of hydrogen-bond acceptors (Lipinski definition) is 3. The largest absolute Gasteiger partial charge is 0.394 e. The fourth-order valence-corrected chi connectivity index (χ4v) is 3.94. The second-order valence-corrected chi connectivity index (χ2v) is 8.33. The number of hydrogen-bond donors (Lipinski definition) is 1. The van der Waals surface area contributed by atoms with E-state index in [4.69, 9.17) is 9.84 Å². The van der Waals surface area contributed by atoms with Gasteiger partial charge in [0.1, 0.15) is 0 Å². The summed E-state index contributed by atoms with van der Waals surface area (Å²) in [5.74, 6) is 0.909. The number of rotatable bonds is 18. The number of ether oxygens (including phenoxy) is 1. The predicted molar refractivity (Wildman–Crippen MR) is 105 cm³/mol. The summed E-state index contributed by atoms with van der Waals surface area (Å²) in [6.07, 6.45) is 18.3. The Kier molecular flexibility index (Phi) is 18.8. The maximum Gasteiger partial charge on any atom is 0.0892 e. The Morgan fingerprint density at radius 3 is 1.74 bits per heavy atom. The molecule has 0 saturated heterocycles. The average Bonchev–Trinajstić information content (AvgIpc) is 2.56. The molecule has 1 N–H and O–H groups in total. The molecule has 140 valence electrons. The van der Waals surface area contributed by atoms with Crippen LogP contribution in [0, 0.1) is 0 Å². The van der Waals surface area contributed by atoms with Crippen LogP contribution < -0.4 is 0 Å². The fraction of sp³-hybridized carbons (Fsp3) is 1.00. The number of thioether (sulfide) groups is 1. The molecular weight excluding hydrogens is 304 g/mol. The molecule has 0 saturated carbocycles. The van der Waals surface area contributed by atoms with Gasteiger partial charge in [-0.1, -0.05) is 90.9 Å². The first kappa shape index (κ1) is 23.3. The van der Waals surface area contributed by atoms with Gasteiger partial charge in [0.25, 0.3) is 0 Å². The Hall–Kier alpha value is 0.270.